The highest BCUT2D eigenvalue weighted by Gasteiger charge is 2.24. The first-order chi connectivity index (χ1) is 15.9. The number of aliphatic imine (C=N–C) groups is 1. The topological polar surface area (TPSA) is 51.5 Å². The molecule has 3 aromatic carbocycles. The summed E-state index contributed by atoms with van der Waals surface area (Å²) in [7, 11) is 0. The van der Waals surface area contributed by atoms with Crippen molar-refractivity contribution in [3.05, 3.63) is 106 Å². The molecule has 2 heterocycles. The van der Waals surface area contributed by atoms with Crippen molar-refractivity contribution < 1.29 is 9.53 Å². The van der Waals surface area contributed by atoms with Crippen LogP contribution in [0.15, 0.2) is 93.4 Å². The fourth-order valence-corrected chi connectivity index (χ4v) is 4.45. The van der Waals surface area contributed by atoms with Crippen LogP contribution in [-0.4, -0.2) is 16.9 Å². The summed E-state index contributed by atoms with van der Waals surface area (Å²) in [6.45, 7) is 4.05. The van der Waals surface area contributed by atoms with E-state index in [0.717, 1.165) is 43.1 Å². The normalized spacial score (nSPS) is 14.6. The van der Waals surface area contributed by atoms with Gasteiger partial charge in [0.1, 0.15) is 5.03 Å². The second-order valence-corrected chi connectivity index (χ2v) is 9.34. The highest BCUT2D eigenvalue weighted by atomic mass is 35.5. The molecule has 0 fully saturated rings. The molecular formula is C27H19ClN2O2S. The van der Waals surface area contributed by atoms with Gasteiger partial charge in [-0.25, -0.2) is 14.8 Å². The van der Waals surface area contributed by atoms with Gasteiger partial charge in [-0.1, -0.05) is 53.2 Å². The second kappa shape index (κ2) is 8.85. The molecular weight excluding hydrogens is 452 g/mol. The quantitative estimate of drug-likeness (QED) is 0.238. The molecule has 0 atom stereocenters. The molecule has 0 spiro atoms. The third-order valence-corrected chi connectivity index (χ3v) is 6.49. The number of carbonyl (C=O) groups is 1. The molecule has 1 aliphatic rings. The molecule has 6 heteroatoms. The lowest BCUT2D eigenvalue weighted by Gasteiger charge is -2.09. The first-order valence-corrected chi connectivity index (χ1v) is 11.6. The van der Waals surface area contributed by atoms with Crippen molar-refractivity contribution in [3.63, 3.8) is 0 Å². The number of carbonyl (C=O) groups excluding carboxylic acids is 1. The van der Waals surface area contributed by atoms with Gasteiger partial charge in [-0.3, -0.25) is 0 Å². The number of pyridine rings is 1. The molecule has 0 bridgehead atoms. The van der Waals surface area contributed by atoms with Crippen LogP contribution in [0.2, 0.25) is 5.02 Å². The van der Waals surface area contributed by atoms with Crippen LogP contribution in [0.4, 0.5) is 0 Å². The Morgan fingerprint density at radius 1 is 0.909 bits per heavy atom. The molecule has 0 aliphatic carbocycles. The average Bonchev–Trinajstić information content (AvgIpc) is 3.16. The zero-order valence-corrected chi connectivity index (χ0v) is 19.6. The smallest absolute Gasteiger partial charge is 0.363 e. The van der Waals surface area contributed by atoms with Crippen LogP contribution in [0.5, 0.6) is 0 Å². The van der Waals surface area contributed by atoms with Crippen molar-refractivity contribution in [2.24, 2.45) is 4.99 Å². The Morgan fingerprint density at radius 3 is 2.39 bits per heavy atom. The van der Waals surface area contributed by atoms with Gasteiger partial charge < -0.3 is 4.74 Å². The number of cyclic esters (lactones) is 1. The number of rotatable bonds is 4. The van der Waals surface area contributed by atoms with Crippen molar-refractivity contribution in [2.75, 3.05) is 0 Å². The molecule has 1 aliphatic heterocycles. The van der Waals surface area contributed by atoms with Gasteiger partial charge in [-0.05, 0) is 74.0 Å². The molecule has 0 saturated carbocycles. The van der Waals surface area contributed by atoms with Crippen LogP contribution in [0.3, 0.4) is 0 Å². The minimum atomic E-state index is -0.475. The van der Waals surface area contributed by atoms with E-state index in [1.807, 2.05) is 80.6 Å². The van der Waals surface area contributed by atoms with Gasteiger partial charge in [-0.2, -0.15) is 0 Å². The van der Waals surface area contributed by atoms with Crippen LogP contribution in [0.25, 0.3) is 17.0 Å². The van der Waals surface area contributed by atoms with Crippen LogP contribution in [0, 0.1) is 13.8 Å². The Kier molecular flexibility index (Phi) is 5.75. The first-order valence-electron chi connectivity index (χ1n) is 10.4. The second-order valence-electron chi connectivity index (χ2n) is 7.84. The number of hydrogen-bond donors (Lipinski definition) is 0. The van der Waals surface area contributed by atoms with Crippen molar-refractivity contribution in [2.45, 2.75) is 23.8 Å². The van der Waals surface area contributed by atoms with E-state index in [2.05, 4.69) is 11.1 Å². The molecule has 162 valence electrons. The number of aromatic nitrogens is 1. The third-order valence-electron chi connectivity index (χ3n) is 5.21. The van der Waals surface area contributed by atoms with E-state index in [1.54, 1.807) is 6.08 Å². The first kappa shape index (κ1) is 21.4. The Morgan fingerprint density at radius 2 is 1.64 bits per heavy atom. The molecule has 33 heavy (non-hydrogen) atoms. The average molecular weight is 471 g/mol. The summed E-state index contributed by atoms with van der Waals surface area (Å²) in [5, 5.41) is 2.44. The van der Waals surface area contributed by atoms with E-state index in [0.29, 0.717) is 10.9 Å². The van der Waals surface area contributed by atoms with Gasteiger partial charge in [0.25, 0.3) is 0 Å². The number of hydrogen-bond acceptors (Lipinski definition) is 5. The Hall–Kier alpha value is -3.41. The number of halogens is 1. The lowest BCUT2D eigenvalue weighted by atomic mass is 10.1. The van der Waals surface area contributed by atoms with Crippen molar-refractivity contribution >= 4 is 52.2 Å². The molecule has 1 aromatic heterocycles. The van der Waals surface area contributed by atoms with Gasteiger partial charge in [0.05, 0.1) is 5.52 Å². The molecule has 5 rings (SSSR count). The molecule has 0 amide bonds. The van der Waals surface area contributed by atoms with Crippen LogP contribution in [-0.2, 0) is 9.53 Å². The van der Waals surface area contributed by atoms with E-state index in [4.69, 9.17) is 21.3 Å². The fourth-order valence-electron chi connectivity index (χ4n) is 3.45. The van der Waals surface area contributed by atoms with Crippen LogP contribution in [0.1, 0.15) is 22.3 Å². The summed E-state index contributed by atoms with van der Waals surface area (Å²) in [6.07, 6.45) is 1.74. The Bertz CT molecular complexity index is 1440. The predicted octanol–water partition coefficient (Wildman–Crippen LogP) is 7.00. The Labute approximate surface area is 201 Å². The minimum Gasteiger partial charge on any atom is -0.402 e. The van der Waals surface area contributed by atoms with E-state index < -0.39 is 5.97 Å². The predicted molar refractivity (Wildman–Crippen MR) is 134 cm³/mol. The van der Waals surface area contributed by atoms with E-state index in [1.165, 1.54) is 11.8 Å². The summed E-state index contributed by atoms with van der Waals surface area (Å²) in [6, 6.07) is 23.5. The van der Waals surface area contributed by atoms with Crippen LogP contribution < -0.4 is 0 Å². The fraction of sp³-hybridized carbons (Fsp3) is 0.0741. The highest BCUT2D eigenvalue weighted by molar-refractivity contribution is 7.99. The van der Waals surface area contributed by atoms with Crippen molar-refractivity contribution in [3.8, 4) is 0 Å². The number of esters is 1. The largest absolute Gasteiger partial charge is 0.402 e. The van der Waals surface area contributed by atoms with Gasteiger partial charge >= 0.3 is 5.97 Å². The number of aryl methyl sites for hydroxylation is 2. The van der Waals surface area contributed by atoms with E-state index in [-0.39, 0.29) is 5.70 Å². The summed E-state index contributed by atoms with van der Waals surface area (Å²) < 4.78 is 5.45. The number of fused-ring (bicyclic) bond motifs is 1. The zero-order chi connectivity index (χ0) is 22.9. The summed E-state index contributed by atoms with van der Waals surface area (Å²) in [5.74, 6) is -0.167. The molecule has 4 aromatic rings. The van der Waals surface area contributed by atoms with Crippen molar-refractivity contribution in [1.29, 1.82) is 0 Å². The number of ether oxygens (including phenoxy) is 1. The summed E-state index contributed by atoms with van der Waals surface area (Å²) in [4.78, 5) is 23.0. The number of nitrogens with zero attached hydrogens (tertiary/aromatic N) is 2. The summed E-state index contributed by atoms with van der Waals surface area (Å²) >= 11 is 7.56. The van der Waals surface area contributed by atoms with Crippen LogP contribution >= 0.6 is 23.4 Å². The monoisotopic (exact) mass is 470 g/mol. The maximum Gasteiger partial charge on any atom is 0.363 e. The van der Waals surface area contributed by atoms with E-state index in [9.17, 15) is 4.79 Å². The highest BCUT2D eigenvalue weighted by Crippen LogP contribution is 2.34. The molecule has 0 radical (unpaired) electrons. The van der Waals surface area contributed by atoms with Gasteiger partial charge in [0.2, 0.25) is 5.90 Å². The third kappa shape index (κ3) is 4.70. The molecule has 0 N–H and O–H groups in total. The lowest BCUT2D eigenvalue weighted by Crippen LogP contribution is -2.05. The molecule has 4 nitrogen and oxygen atoms in total. The van der Waals surface area contributed by atoms with E-state index >= 15 is 0 Å². The maximum absolute atomic E-state index is 12.6. The maximum atomic E-state index is 12.6. The van der Waals surface area contributed by atoms with Gasteiger partial charge in [-0.15, -0.1) is 0 Å². The van der Waals surface area contributed by atoms with Crippen molar-refractivity contribution in [1.82, 2.24) is 4.98 Å². The zero-order valence-electron chi connectivity index (χ0n) is 18.0. The minimum absolute atomic E-state index is 0.247. The lowest BCUT2D eigenvalue weighted by molar-refractivity contribution is -0.129. The van der Waals surface area contributed by atoms with Gasteiger partial charge in [0, 0.05) is 26.4 Å². The Balaban J connectivity index is 1.59. The SMILES string of the molecule is Cc1ccc(C2=NC(=Cc3cc4ccc(C)cc4nc3Sc3ccc(Cl)cc3)C(=O)O2)cc1. The number of benzene rings is 3. The molecule has 0 unspecified atom stereocenters. The standard InChI is InChI=1S/C27H19ClN2O2S/c1-16-3-6-18(7-4-16)25-29-24(27(31)32-25)15-20-14-19-8-5-17(2)13-23(19)30-26(20)33-22-11-9-21(28)10-12-22/h3-15H,1-2H3. The van der Waals surface area contributed by atoms with Gasteiger partial charge in [0.15, 0.2) is 5.70 Å². The summed E-state index contributed by atoms with van der Waals surface area (Å²) in [5.41, 5.74) is 4.96. The molecule has 0 saturated heterocycles.